The second-order valence-electron chi connectivity index (χ2n) is 4.19. The number of hydrogen-bond donors (Lipinski definition) is 2. The van der Waals surface area contributed by atoms with Crippen LogP contribution in [0.25, 0.3) is 0 Å². The minimum Gasteiger partial charge on any atom is -0.370 e. The molecule has 1 aliphatic rings. The molecule has 0 heterocycles. The zero-order chi connectivity index (χ0) is 10.4. The molecule has 3 N–H and O–H groups in total. The van der Waals surface area contributed by atoms with Gasteiger partial charge in [0.1, 0.15) is 0 Å². The molecule has 1 aliphatic carbocycles. The Morgan fingerprint density at radius 1 is 1.43 bits per heavy atom. The number of nitrogens with zero attached hydrogens (tertiary/aromatic N) is 1. The van der Waals surface area contributed by atoms with Gasteiger partial charge in [-0.15, -0.1) is 0 Å². The second-order valence-corrected chi connectivity index (χ2v) is 4.19. The Kier molecular flexibility index (Phi) is 4.77. The van der Waals surface area contributed by atoms with Crippen LogP contribution in [0.3, 0.4) is 0 Å². The molecule has 1 saturated carbocycles. The molecule has 3 heteroatoms. The summed E-state index contributed by atoms with van der Waals surface area (Å²) in [6.07, 6.45) is 6.84. The Bertz CT molecular complexity index is 183. The summed E-state index contributed by atoms with van der Waals surface area (Å²) in [6.45, 7) is 4.98. The molecule has 1 atom stereocenters. The number of nitrogens with two attached hydrogens (primary N) is 1. The van der Waals surface area contributed by atoms with Crippen LogP contribution in [0.15, 0.2) is 4.99 Å². The zero-order valence-corrected chi connectivity index (χ0v) is 9.42. The highest BCUT2D eigenvalue weighted by molar-refractivity contribution is 5.78. The van der Waals surface area contributed by atoms with Crippen molar-refractivity contribution in [2.45, 2.75) is 52.0 Å². The van der Waals surface area contributed by atoms with Gasteiger partial charge in [0.25, 0.3) is 0 Å². The highest BCUT2D eigenvalue weighted by atomic mass is 15.1. The van der Waals surface area contributed by atoms with Gasteiger partial charge in [0.05, 0.1) is 0 Å². The summed E-state index contributed by atoms with van der Waals surface area (Å²) in [5.74, 6) is 1.39. The third-order valence-electron chi connectivity index (χ3n) is 3.06. The summed E-state index contributed by atoms with van der Waals surface area (Å²) in [4.78, 5) is 4.14. The average Bonchev–Trinajstić information content (AvgIpc) is 2.19. The second kappa shape index (κ2) is 5.89. The molecule has 0 aromatic carbocycles. The summed E-state index contributed by atoms with van der Waals surface area (Å²) in [7, 11) is 0. The number of hydrogen-bond acceptors (Lipinski definition) is 1. The highest BCUT2D eigenvalue weighted by Gasteiger charge is 2.19. The predicted molar refractivity (Wildman–Crippen MR) is 61.3 cm³/mol. The van der Waals surface area contributed by atoms with Crippen LogP contribution in [0.2, 0.25) is 0 Å². The van der Waals surface area contributed by atoms with E-state index in [4.69, 9.17) is 5.73 Å². The normalized spacial score (nSPS) is 22.0. The van der Waals surface area contributed by atoms with E-state index >= 15 is 0 Å². The van der Waals surface area contributed by atoms with Crippen molar-refractivity contribution in [3.8, 4) is 0 Å². The molecule has 0 spiro atoms. The molecule has 0 radical (unpaired) electrons. The molecule has 1 rings (SSSR count). The maximum absolute atomic E-state index is 5.73. The Morgan fingerprint density at radius 2 is 2.07 bits per heavy atom. The van der Waals surface area contributed by atoms with Crippen molar-refractivity contribution < 1.29 is 0 Å². The lowest BCUT2D eigenvalue weighted by atomic mass is 9.85. The van der Waals surface area contributed by atoms with Crippen molar-refractivity contribution in [2.75, 3.05) is 6.54 Å². The quantitative estimate of drug-likeness (QED) is 0.536. The molecule has 0 bridgehead atoms. The van der Waals surface area contributed by atoms with Crippen molar-refractivity contribution in [1.29, 1.82) is 0 Å². The summed E-state index contributed by atoms with van der Waals surface area (Å²) >= 11 is 0. The van der Waals surface area contributed by atoms with Gasteiger partial charge in [-0.2, -0.15) is 0 Å². The summed E-state index contributed by atoms with van der Waals surface area (Å²) < 4.78 is 0. The summed E-state index contributed by atoms with van der Waals surface area (Å²) in [5.41, 5.74) is 5.73. The van der Waals surface area contributed by atoms with Crippen LogP contribution in [0, 0.1) is 5.92 Å². The molecular formula is C11H23N3. The van der Waals surface area contributed by atoms with Gasteiger partial charge in [-0.05, 0) is 32.6 Å². The maximum Gasteiger partial charge on any atom is 0.188 e. The van der Waals surface area contributed by atoms with Crippen LogP contribution in [0.1, 0.15) is 46.0 Å². The molecule has 3 nitrogen and oxygen atoms in total. The molecule has 14 heavy (non-hydrogen) atoms. The summed E-state index contributed by atoms with van der Waals surface area (Å²) in [5, 5.41) is 3.28. The predicted octanol–water partition coefficient (Wildman–Crippen LogP) is 1.88. The van der Waals surface area contributed by atoms with E-state index in [9.17, 15) is 0 Å². The number of rotatable bonds is 3. The Labute approximate surface area is 87.2 Å². The minimum atomic E-state index is 0.477. The topological polar surface area (TPSA) is 50.4 Å². The lowest BCUT2D eigenvalue weighted by molar-refractivity contribution is 0.301. The van der Waals surface area contributed by atoms with Gasteiger partial charge in [-0.1, -0.05) is 19.3 Å². The lowest BCUT2D eigenvalue weighted by Crippen LogP contribution is -2.43. The standard InChI is InChI=1S/C11H23N3/c1-3-13-11(12)14-9(2)10-7-5-4-6-8-10/h9-10H,3-8H2,1-2H3,(H3,12,13,14). The van der Waals surface area contributed by atoms with E-state index in [1.165, 1.54) is 32.1 Å². The monoisotopic (exact) mass is 197 g/mol. The van der Waals surface area contributed by atoms with E-state index in [0.29, 0.717) is 12.0 Å². The molecule has 0 aromatic rings. The van der Waals surface area contributed by atoms with Gasteiger partial charge >= 0.3 is 0 Å². The van der Waals surface area contributed by atoms with Crippen LogP contribution in [-0.4, -0.2) is 18.5 Å². The van der Waals surface area contributed by atoms with Crippen molar-refractivity contribution in [1.82, 2.24) is 5.32 Å². The number of aliphatic imine (C=N–C) groups is 1. The van der Waals surface area contributed by atoms with Crippen molar-refractivity contribution in [2.24, 2.45) is 16.6 Å². The zero-order valence-electron chi connectivity index (χ0n) is 9.42. The first-order valence-electron chi connectivity index (χ1n) is 5.80. The van der Waals surface area contributed by atoms with Gasteiger partial charge in [0.15, 0.2) is 5.96 Å². The number of nitrogens with one attached hydrogen (secondary N) is 1. The largest absolute Gasteiger partial charge is 0.370 e. The van der Waals surface area contributed by atoms with E-state index in [0.717, 1.165) is 12.5 Å². The van der Waals surface area contributed by atoms with Gasteiger partial charge in [0.2, 0.25) is 0 Å². The van der Waals surface area contributed by atoms with Crippen LogP contribution in [0.4, 0.5) is 0 Å². The van der Waals surface area contributed by atoms with Gasteiger partial charge in [-0.25, -0.2) is 0 Å². The van der Waals surface area contributed by atoms with Gasteiger partial charge < -0.3 is 11.1 Å². The Balaban J connectivity index is 2.32. The highest BCUT2D eigenvalue weighted by Crippen LogP contribution is 2.26. The molecule has 82 valence electrons. The van der Waals surface area contributed by atoms with Gasteiger partial charge in [-0.3, -0.25) is 4.99 Å². The van der Waals surface area contributed by atoms with Crippen molar-refractivity contribution >= 4 is 5.96 Å². The van der Waals surface area contributed by atoms with Crippen LogP contribution in [0.5, 0.6) is 0 Å². The van der Waals surface area contributed by atoms with Gasteiger partial charge in [0, 0.05) is 12.6 Å². The third kappa shape index (κ3) is 3.56. The molecule has 1 unspecified atom stereocenters. The fourth-order valence-electron chi connectivity index (χ4n) is 2.20. The molecule has 0 aliphatic heterocycles. The van der Waals surface area contributed by atoms with E-state index in [-0.39, 0.29) is 0 Å². The number of guanidine groups is 1. The minimum absolute atomic E-state index is 0.477. The van der Waals surface area contributed by atoms with Crippen LogP contribution in [-0.2, 0) is 0 Å². The first kappa shape index (κ1) is 11.3. The average molecular weight is 197 g/mol. The Hall–Kier alpha value is -0.730. The third-order valence-corrected chi connectivity index (χ3v) is 3.06. The maximum atomic E-state index is 5.73. The van der Waals surface area contributed by atoms with Crippen molar-refractivity contribution in [3.05, 3.63) is 0 Å². The van der Waals surface area contributed by atoms with E-state index < -0.39 is 0 Å². The van der Waals surface area contributed by atoms with E-state index in [1.807, 2.05) is 6.92 Å². The summed E-state index contributed by atoms with van der Waals surface area (Å²) in [6, 6.07) is 0.477. The fraction of sp³-hybridized carbons (Fsp3) is 0.909. The van der Waals surface area contributed by atoms with Crippen molar-refractivity contribution in [3.63, 3.8) is 0 Å². The first-order chi connectivity index (χ1) is 6.74. The molecule has 0 amide bonds. The molecule has 0 aromatic heterocycles. The SMILES string of the molecule is CCN=C(N)NC(C)C1CCCCC1. The molecule has 0 saturated heterocycles. The first-order valence-corrected chi connectivity index (χ1v) is 5.80. The lowest BCUT2D eigenvalue weighted by Gasteiger charge is -2.28. The van der Waals surface area contributed by atoms with Crippen LogP contribution < -0.4 is 11.1 Å². The molecule has 1 fully saturated rings. The molecular weight excluding hydrogens is 174 g/mol. The fourth-order valence-corrected chi connectivity index (χ4v) is 2.20. The Morgan fingerprint density at radius 3 is 2.64 bits per heavy atom. The van der Waals surface area contributed by atoms with E-state index in [2.05, 4.69) is 17.2 Å². The smallest absolute Gasteiger partial charge is 0.188 e. The van der Waals surface area contributed by atoms with E-state index in [1.54, 1.807) is 0 Å². The van der Waals surface area contributed by atoms with Crippen LogP contribution >= 0.6 is 0 Å².